The number of alkyl carbamates (subject to hydrolysis) is 1. The van der Waals surface area contributed by atoms with Crippen molar-refractivity contribution < 1.29 is 14.3 Å². The first-order valence-electron chi connectivity index (χ1n) is 6.86. The molecule has 106 valence electrons. The predicted octanol–water partition coefficient (Wildman–Crippen LogP) is 2.57. The Labute approximate surface area is 122 Å². The lowest BCUT2D eigenvalue weighted by Gasteiger charge is -2.12. The number of hydrogen-bond donors (Lipinski definition) is 1. The molecule has 1 aliphatic heterocycles. The van der Waals surface area contributed by atoms with Crippen molar-refractivity contribution in [1.29, 1.82) is 0 Å². The van der Waals surface area contributed by atoms with Crippen molar-refractivity contribution in [2.75, 3.05) is 6.54 Å². The minimum Gasteiger partial charge on any atom is -0.444 e. The van der Waals surface area contributed by atoms with Crippen molar-refractivity contribution >= 4 is 11.9 Å². The van der Waals surface area contributed by atoms with E-state index in [1.54, 1.807) is 12.1 Å². The summed E-state index contributed by atoms with van der Waals surface area (Å²) < 4.78 is 5.14. The number of nitrogens with one attached hydrogen (secondary N) is 1. The molecule has 0 aliphatic carbocycles. The molecule has 1 saturated heterocycles. The Morgan fingerprint density at radius 3 is 2.52 bits per heavy atom. The van der Waals surface area contributed by atoms with Gasteiger partial charge in [0, 0.05) is 17.5 Å². The van der Waals surface area contributed by atoms with Gasteiger partial charge in [-0.05, 0) is 5.56 Å². The van der Waals surface area contributed by atoms with Crippen LogP contribution in [0.5, 0.6) is 0 Å². The second-order valence-corrected chi connectivity index (χ2v) is 4.96. The van der Waals surface area contributed by atoms with Gasteiger partial charge in [-0.15, -0.1) is 0 Å². The van der Waals surface area contributed by atoms with E-state index in [0.717, 1.165) is 5.56 Å². The van der Waals surface area contributed by atoms with Gasteiger partial charge in [0.05, 0.1) is 6.54 Å². The van der Waals surface area contributed by atoms with Gasteiger partial charge in [-0.25, -0.2) is 4.79 Å². The van der Waals surface area contributed by atoms with Crippen LogP contribution in [-0.4, -0.2) is 24.5 Å². The van der Waals surface area contributed by atoms with E-state index in [4.69, 9.17) is 4.74 Å². The smallest absolute Gasteiger partial charge is 0.407 e. The predicted molar refractivity (Wildman–Crippen MR) is 78.3 cm³/mol. The Bertz CT molecular complexity index is 667. The number of ketones is 1. The second kappa shape index (κ2) is 5.79. The summed E-state index contributed by atoms with van der Waals surface area (Å²) in [5.74, 6) is -0.0107. The number of cyclic esters (lactones) is 1. The Morgan fingerprint density at radius 1 is 1.10 bits per heavy atom. The summed E-state index contributed by atoms with van der Waals surface area (Å²) in [5, 5.41) is 2.62. The average molecular weight is 281 g/mol. The molecule has 1 amide bonds. The van der Waals surface area contributed by atoms with Crippen LogP contribution >= 0.6 is 0 Å². The van der Waals surface area contributed by atoms with Crippen LogP contribution in [0.2, 0.25) is 0 Å². The van der Waals surface area contributed by atoms with Crippen LogP contribution in [0.25, 0.3) is 0 Å². The fraction of sp³-hybridized carbons (Fsp3) is 0.176. The highest BCUT2D eigenvalue weighted by Crippen LogP contribution is 2.18. The Balaban J connectivity index is 1.86. The van der Waals surface area contributed by atoms with Gasteiger partial charge in [-0.1, -0.05) is 54.6 Å². The number of hydrogen-bond acceptors (Lipinski definition) is 3. The van der Waals surface area contributed by atoms with Crippen LogP contribution in [0.15, 0.2) is 54.6 Å². The zero-order valence-corrected chi connectivity index (χ0v) is 11.4. The standard InChI is InChI=1S/C17H15NO3/c19-16(12-6-2-1-3-7-12)15-9-5-4-8-13(15)10-14-11-18-17(20)21-14/h1-9,14H,10-11H2,(H,18,20). The summed E-state index contributed by atoms with van der Waals surface area (Å²) >= 11 is 0. The van der Waals surface area contributed by atoms with E-state index < -0.39 is 6.09 Å². The fourth-order valence-electron chi connectivity index (χ4n) is 2.46. The first kappa shape index (κ1) is 13.4. The third-order valence-electron chi connectivity index (χ3n) is 3.49. The molecule has 0 radical (unpaired) electrons. The third kappa shape index (κ3) is 2.94. The molecular weight excluding hydrogens is 266 g/mol. The molecule has 1 fully saturated rings. The summed E-state index contributed by atoms with van der Waals surface area (Å²) in [6, 6.07) is 16.6. The van der Waals surface area contributed by atoms with Crippen molar-refractivity contribution in [3.63, 3.8) is 0 Å². The van der Waals surface area contributed by atoms with Crippen molar-refractivity contribution in [2.24, 2.45) is 0 Å². The van der Waals surface area contributed by atoms with Crippen LogP contribution in [0.3, 0.4) is 0 Å². The summed E-state index contributed by atoms with van der Waals surface area (Å²) in [6.07, 6.45) is -0.0814. The van der Waals surface area contributed by atoms with E-state index in [1.165, 1.54) is 0 Å². The monoisotopic (exact) mass is 281 g/mol. The van der Waals surface area contributed by atoms with Gasteiger partial charge in [0.25, 0.3) is 0 Å². The largest absolute Gasteiger partial charge is 0.444 e. The van der Waals surface area contributed by atoms with Gasteiger partial charge >= 0.3 is 6.09 Å². The molecule has 1 heterocycles. The fourth-order valence-corrected chi connectivity index (χ4v) is 2.46. The van der Waals surface area contributed by atoms with E-state index in [9.17, 15) is 9.59 Å². The van der Waals surface area contributed by atoms with E-state index in [0.29, 0.717) is 24.1 Å². The van der Waals surface area contributed by atoms with Crippen LogP contribution in [0.4, 0.5) is 4.79 Å². The number of carbonyl (C=O) groups is 2. The lowest BCUT2D eigenvalue weighted by molar-refractivity contribution is 0.103. The van der Waals surface area contributed by atoms with Gasteiger partial charge in [-0.3, -0.25) is 4.79 Å². The molecule has 1 atom stereocenters. The van der Waals surface area contributed by atoms with Crippen LogP contribution in [0.1, 0.15) is 21.5 Å². The zero-order chi connectivity index (χ0) is 14.7. The van der Waals surface area contributed by atoms with Gasteiger partial charge in [-0.2, -0.15) is 0 Å². The molecule has 0 spiro atoms. The lowest BCUT2D eigenvalue weighted by atomic mass is 9.95. The van der Waals surface area contributed by atoms with E-state index in [2.05, 4.69) is 5.32 Å². The maximum Gasteiger partial charge on any atom is 0.407 e. The number of rotatable bonds is 4. The number of benzene rings is 2. The summed E-state index contributed by atoms with van der Waals surface area (Å²) in [7, 11) is 0. The van der Waals surface area contributed by atoms with Crippen molar-refractivity contribution in [3.8, 4) is 0 Å². The normalized spacial score (nSPS) is 17.1. The molecule has 21 heavy (non-hydrogen) atoms. The zero-order valence-electron chi connectivity index (χ0n) is 11.4. The minimum atomic E-state index is -0.396. The molecule has 2 aromatic carbocycles. The summed E-state index contributed by atoms with van der Waals surface area (Å²) in [5.41, 5.74) is 2.21. The molecule has 1 unspecified atom stereocenters. The molecule has 4 heteroatoms. The van der Waals surface area contributed by atoms with E-state index >= 15 is 0 Å². The molecule has 0 aromatic heterocycles. The molecule has 1 N–H and O–H groups in total. The van der Waals surface area contributed by atoms with Gasteiger partial charge < -0.3 is 10.1 Å². The molecular formula is C17H15NO3. The topological polar surface area (TPSA) is 55.4 Å². The summed E-state index contributed by atoms with van der Waals surface area (Å²) in [4.78, 5) is 23.7. The number of carbonyl (C=O) groups excluding carboxylic acids is 2. The molecule has 4 nitrogen and oxygen atoms in total. The second-order valence-electron chi connectivity index (χ2n) is 4.96. The van der Waals surface area contributed by atoms with Gasteiger partial charge in [0.1, 0.15) is 6.10 Å². The lowest BCUT2D eigenvalue weighted by Crippen LogP contribution is -2.18. The average Bonchev–Trinajstić information content (AvgIpc) is 2.93. The highest BCUT2D eigenvalue weighted by Gasteiger charge is 2.24. The molecule has 3 rings (SSSR count). The Kier molecular flexibility index (Phi) is 3.69. The van der Waals surface area contributed by atoms with E-state index in [-0.39, 0.29) is 11.9 Å². The Morgan fingerprint density at radius 2 is 1.81 bits per heavy atom. The van der Waals surface area contributed by atoms with Crippen molar-refractivity contribution in [3.05, 3.63) is 71.3 Å². The SMILES string of the molecule is O=C1NCC(Cc2ccccc2C(=O)c2ccccc2)O1. The molecule has 0 saturated carbocycles. The first-order valence-corrected chi connectivity index (χ1v) is 6.86. The first-order chi connectivity index (χ1) is 10.2. The quantitative estimate of drug-likeness (QED) is 0.876. The summed E-state index contributed by atoms with van der Waals surface area (Å²) in [6.45, 7) is 0.479. The van der Waals surface area contributed by atoms with Crippen LogP contribution in [-0.2, 0) is 11.2 Å². The van der Waals surface area contributed by atoms with Gasteiger partial charge in [0.15, 0.2) is 5.78 Å². The molecule has 1 aliphatic rings. The van der Waals surface area contributed by atoms with Crippen LogP contribution in [0, 0.1) is 0 Å². The van der Waals surface area contributed by atoms with Crippen molar-refractivity contribution in [2.45, 2.75) is 12.5 Å². The number of amides is 1. The number of ether oxygens (including phenoxy) is 1. The Hall–Kier alpha value is -2.62. The molecule has 0 bridgehead atoms. The van der Waals surface area contributed by atoms with E-state index in [1.807, 2.05) is 42.5 Å². The molecule has 2 aromatic rings. The highest BCUT2D eigenvalue weighted by molar-refractivity contribution is 6.09. The highest BCUT2D eigenvalue weighted by atomic mass is 16.6. The van der Waals surface area contributed by atoms with Crippen LogP contribution < -0.4 is 5.32 Å². The van der Waals surface area contributed by atoms with Gasteiger partial charge in [0.2, 0.25) is 0 Å². The third-order valence-corrected chi connectivity index (χ3v) is 3.49. The maximum atomic E-state index is 12.6. The van der Waals surface area contributed by atoms with Crippen molar-refractivity contribution in [1.82, 2.24) is 5.32 Å². The maximum absolute atomic E-state index is 12.6. The minimum absolute atomic E-state index is 0.0107.